The Morgan fingerprint density at radius 1 is 1.19 bits per heavy atom. The third-order valence-corrected chi connectivity index (χ3v) is 3.03. The van der Waals surface area contributed by atoms with Crippen molar-refractivity contribution in [1.82, 2.24) is 10.6 Å². The van der Waals surface area contributed by atoms with Crippen LogP contribution in [-0.4, -0.2) is 31.1 Å². The molecule has 0 unspecified atom stereocenters. The minimum Gasteiger partial charge on any atom is -0.455 e. The van der Waals surface area contributed by atoms with Crippen LogP contribution in [0.4, 0.5) is 4.79 Å². The Hall–Kier alpha value is -1.79. The van der Waals surface area contributed by atoms with E-state index in [2.05, 4.69) is 5.32 Å². The molecule has 0 fully saturated rings. The van der Waals surface area contributed by atoms with Crippen LogP contribution in [0, 0.1) is 0 Å². The summed E-state index contributed by atoms with van der Waals surface area (Å²) in [5.74, 6) is -1.32. The lowest BCUT2D eigenvalue weighted by Crippen LogP contribution is -2.41. The van der Waals surface area contributed by atoms with Crippen molar-refractivity contribution in [2.24, 2.45) is 0 Å². The van der Waals surface area contributed by atoms with Crippen molar-refractivity contribution in [3.8, 4) is 0 Å². The molecular weight excluding hydrogens is 319 g/mol. The number of nitrogens with one attached hydrogen (secondary N) is 2. The van der Waals surface area contributed by atoms with E-state index < -0.39 is 24.5 Å². The molecule has 0 aliphatic rings. The van der Waals surface area contributed by atoms with Crippen molar-refractivity contribution in [3.05, 3.63) is 33.8 Å². The van der Waals surface area contributed by atoms with Crippen LogP contribution in [0.15, 0.2) is 18.2 Å². The monoisotopic (exact) mass is 332 g/mol. The lowest BCUT2D eigenvalue weighted by atomic mass is 10.1. The second-order valence-electron chi connectivity index (χ2n) is 3.99. The number of rotatable bonds is 5. The number of benzene rings is 1. The van der Waals surface area contributed by atoms with E-state index in [4.69, 9.17) is 27.9 Å². The molecule has 114 valence electrons. The van der Waals surface area contributed by atoms with Crippen molar-refractivity contribution < 1.29 is 19.1 Å². The largest absolute Gasteiger partial charge is 0.455 e. The average molecular weight is 333 g/mol. The van der Waals surface area contributed by atoms with Gasteiger partial charge in [0.15, 0.2) is 6.61 Å². The van der Waals surface area contributed by atoms with E-state index in [1.54, 1.807) is 25.1 Å². The fraction of sp³-hybridized carbons (Fsp3) is 0.308. The highest BCUT2D eigenvalue weighted by molar-refractivity contribution is 6.42. The summed E-state index contributed by atoms with van der Waals surface area (Å²) in [5.41, 5.74) is 0.610. The molecule has 1 aromatic rings. The molecule has 0 bridgehead atoms. The maximum Gasteiger partial charge on any atom is 0.321 e. The normalized spacial score (nSPS) is 9.86. The molecule has 0 spiro atoms. The number of carbonyl (C=O) groups excluding carboxylic acids is 3. The minimum atomic E-state index is -0.705. The molecule has 3 amide bonds. The molecule has 0 aliphatic heterocycles. The molecule has 21 heavy (non-hydrogen) atoms. The Labute approximate surface area is 131 Å². The van der Waals surface area contributed by atoms with Gasteiger partial charge in [-0.25, -0.2) is 4.79 Å². The van der Waals surface area contributed by atoms with Crippen molar-refractivity contribution in [2.45, 2.75) is 13.3 Å². The van der Waals surface area contributed by atoms with Gasteiger partial charge in [-0.1, -0.05) is 29.3 Å². The predicted octanol–water partition coefficient (Wildman–Crippen LogP) is 1.92. The maximum atomic E-state index is 11.5. The van der Waals surface area contributed by atoms with Gasteiger partial charge < -0.3 is 10.1 Å². The number of imide groups is 1. The molecule has 1 aromatic carbocycles. The number of urea groups is 1. The van der Waals surface area contributed by atoms with Crippen LogP contribution in [0.1, 0.15) is 12.5 Å². The van der Waals surface area contributed by atoms with E-state index in [1.165, 1.54) is 0 Å². The summed E-state index contributed by atoms with van der Waals surface area (Å²) in [6, 6.07) is 4.10. The highest BCUT2D eigenvalue weighted by Gasteiger charge is 2.11. The molecule has 0 aliphatic carbocycles. The SMILES string of the molecule is CCNC(=O)NC(=O)COC(=O)Cc1ccc(Cl)c(Cl)c1. The molecule has 0 heterocycles. The number of esters is 1. The molecule has 2 N–H and O–H groups in total. The van der Waals surface area contributed by atoms with E-state index in [1.807, 2.05) is 5.32 Å². The summed E-state index contributed by atoms with van der Waals surface area (Å²) < 4.78 is 4.75. The van der Waals surface area contributed by atoms with Gasteiger partial charge in [0.05, 0.1) is 16.5 Å². The average Bonchev–Trinajstić information content (AvgIpc) is 2.41. The Balaban J connectivity index is 2.38. The van der Waals surface area contributed by atoms with E-state index in [-0.39, 0.29) is 6.42 Å². The van der Waals surface area contributed by atoms with E-state index in [9.17, 15) is 14.4 Å². The van der Waals surface area contributed by atoms with Gasteiger partial charge in [-0.05, 0) is 24.6 Å². The second-order valence-corrected chi connectivity index (χ2v) is 4.81. The van der Waals surface area contributed by atoms with Gasteiger partial charge >= 0.3 is 12.0 Å². The number of hydrogen-bond donors (Lipinski definition) is 2. The van der Waals surface area contributed by atoms with Gasteiger partial charge in [0, 0.05) is 6.54 Å². The molecule has 0 saturated heterocycles. The first-order chi connectivity index (χ1) is 9.92. The number of halogens is 2. The van der Waals surface area contributed by atoms with Crippen molar-refractivity contribution >= 4 is 41.1 Å². The fourth-order valence-corrected chi connectivity index (χ4v) is 1.70. The van der Waals surface area contributed by atoms with Crippen LogP contribution in [-0.2, 0) is 20.7 Å². The number of amides is 3. The lowest BCUT2D eigenvalue weighted by Gasteiger charge is -2.06. The molecule has 0 radical (unpaired) electrons. The van der Waals surface area contributed by atoms with Crippen LogP contribution in [0.3, 0.4) is 0 Å². The Kier molecular flexibility index (Phi) is 6.98. The van der Waals surface area contributed by atoms with Crippen LogP contribution in [0.2, 0.25) is 10.0 Å². The smallest absolute Gasteiger partial charge is 0.321 e. The molecule has 0 aromatic heterocycles. The highest BCUT2D eigenvalue weighted by Crippen LogP contribution is 2.22. The standard InChI is InChI=1S/C13H14Cl2N2O4/c1-2-16-13(20)17-11(18)7-21-12(19)6-8-3-4-9(14)10(15)5-8/h3-5H,2,6-7H2,1H3,(H2,16,17,18,20). The van der Waals surface area contributed by atoms with Gasteiger partial charge in [0.2, 0.25) is 0 Å². The van der Waals surface area contributed by atoms with Crippen molar-refractivity contribution in [1.29, 1.82) is 0 Å². The van der Waals surface area contributed by atoms with Gasteiger partial charge in [-0.2, -0.15) is 0 Å². The van der Waals surface area contributed by atoms with Gasteiger partial charge in [-0.3, -0.25) is 14.9 Å². The molecular formula is C13H14Cl2N2O4. The topological polar surface area (TPSA) is 84.5 Å². The fourth-order valence-electron chi connectivity index (χ4n) is 1.38. The van der Waals surface area contributed by atoms with Crippen molar-refractivity contribution in [2.75, 3.05) is 13.2 Å². The zero-order valence-electron chi connectivity index (χ0n) is 11.2. The Morgan fingerprint density at radius 3 is 2.52 bits per heavy atom. The summed E-state index contributed by atoms with van der Waals surface area (Å²) in [5, 5.41) is 5.10. The predicted molar refractivity (Wildman–Crippen MR) is 78.3 cm³/mol. The quantitative estimate of drug-likeness (QED) is 0.807. The molecule has 8 heteroatoms. The number of carbonyl (C=O) groups is 3. The minimum absolute atomic E-state index is 0.0503. The molecule has 1 rings (SSSR count). The van der Waals surface area contributed by atoms with Crippen LogP contribution in [0.25, 0.3) is 0 Å². The maximum absolute atomic E-state index is 11.5. The van der Waals surface area contributed by atoms with Gasteiger partial charge in [0.1, 0.15) is 0 Å². The zero-order chi connectivity index (χ0) is 15.8. The van der Waals surface area contributed by atoms with Crippen LogP contribution in [0.5, 0.6) is 0 Å². The first-order valence-corrected chi connectivity index (χ1v) is 6.85. The summed E-state index contributed by atoms with van der Waals surface area (Å²) in [7, 11) is 0. The zero-order valence-corrected chi connectivity index (χ0v) is 12.8. The number of ether oxygens (including phenoxy) is 1. The summed E-state index contributed by atoms with van der Waals surface area (Å²) >= 11 is 11.6. The van der Waals surface area contributed by atoms with Crippen LogP contribution >= 0.6 is 23.2 Å². The Bertz CT molecular complexity index is 549. The van der Waals surface area contributed by atoms with Crippen molar-refractivity contribution in [3.63, 3.8) is 0 Å². The first-order valence-electron chi connectivity index (χ1n) is 6.09. The lowest BCUT2D eigenvalue weighted by molar-refractivity contribution is -0.147. The van der Waals surface area contributed by atoms with Crippen LogP contribution < -0.4 is 10.6 Å². The van der Waals surface area contributed by atoms with E-state index in [0.717, 1.165) is 0 Å². The number of hydrogen-bond acceptors (Lipinski definition) is 4. The third kappa shape index (κ3) is 6.46. The molecule has 6 nitrogen and oxygen atoms in total. The van der Waals surface area contributed by atoms with Gasteiger partial charge in [-0.15, -0.1) is 0 Å². The van der Waals surface area contributed by atoms with E-state index in [0.29, 0.717) is 22.2 Å². The third-order valence-electron chi connectivity index (χ3n) is 2.29. The molecule has 0 saturated carbocycles. The summed E-state index contributed by atoms with van der Waals surface area (Å²) in [6.45, 7) is 1.56. The Morgan fingerprint density at radius 2 is 1.90 bits per heavy atom. The van der Waals surface area contributed by atoms with E-state index >= 15 is 0 Å². The summed E-state index contributed by atoms with van der Waals surface area (Å²) in [4.78, 5) is 33.9. The first kappa shape index (κ1) is 17.3. The summed E-state index contributed by atoms with van der Waals surface area (Å²) in [6.07, 6.45) is -0.0503. The van der Waals surface area contributed by atoms with Gasteiger partial charge in [0.25, 0.3) is 5.91 Å². The second kappa shape index (κ2) is 8.49. The molecule has 0 atom stereocenters. The highest BCUT2D eigenvalue weighted by atomic mass is 35.5.